The lowest BCUT2D eigenvalue weighted by atomic mass is 9.90. The Morgan fingerprint density at radius 3 is 1.18 bits per heavy atom. The molecule has 0 aliphatic rings. The number of fused-ring (bicyclic) bond motifs is 15. The zero-order valence-electron chi connectivity index (χ0n) is 23.9. The third-order valence-electron chi connectivity index (χ3n) is 9.43. The van der Waals surface area contributed by atoms with Crippen LogP contribution >= 0.6 is 0 Å². The molecule has 0 saturated heterocycles. The van der Waals surface area contributed by atoms with Gasteiger partial charge < -0.3 is 9.13 Å². The number of nitrogens with zero attached hydrogens (tertiary/aromatic N) is 2. The Morgan fingerprint density at radius 1 is 0.250 bits per heavy atom. The van der Waals surface area contributed by atoms with E-state index in [0.717, 1.165) is 0 Å². The second kappa shape index (κ2) is 8.82. The van der Waals surface area contributed by atoms with Gasteiger partial charge in [-0.3, -0.25) is 0 Å². The number of hydrogen-bond acceptors (Lipinski definition) is 0. The van der Waals surface area contributed by atoms with Gasteiger partial charge in [-0.1, -0.05) is 121 Å². The van der Waals surface area contributed by atoms with Crippen molar-refractivity contribution in [1.82, 2.24) is 9.13 Å². The predicted molar refractivity (Wildman–Crippen MR) is 188 cm³/mol. The lowest BCUT2D eigenvalue weighted by Gasteiger charge is -2.17. The van der Waals surface area contributed by atoms with Crippen LogP contribution in [0.5, 0.6) is 0 Å². The number of hydrogen-bond donors (Lipinski definition) is 0. The summed E-state index contributed by atoms with van der Waals surface area (Å²) in [6, 6.07) is 57.5. The van der Waals surface area contributed by atoms with Gasteiger partial charge in [0.2, 0.25) is 0 Å². The maximum atomic E-state index is 2.49. The van der Waals surface area contributed by atoms with E-state index >= 15 is 0 Å². The topological polar surface area (TPSA) is 9.86 Å². The minimum absolute atomic E-state index is 1.17. The van der Waals surface area contributed by atoms with Crippen molar-refractivity contribution in [2.24, 2.45) is 0 Å². The molecule has 0 N–H and O–H groups in total. The van der Waals surface area contributed by atoms with Gasteiger partial charge in [0.25, 0.3) is 0 Å². The molecule has 0 fully saturated rings. The van der Waals surface area contributed by atoms with E-state index in [9.17, 15) is 0 Å². The molecule has 0 aliphatic carbocycles. The monoisotopic (exact) mass is 558 g/mol. The average molecular weight is 559 g/mol. The van der Waals surface area contributed by atoms with Gasteiger partial charge in [0, 0.05) is 49.1 Å². The molecule has 44 heavy (non-hydrogen) atoms. The lowest BCUT2D eigenvalue weighted by molar-refractivity contribution is 1.19. The highest BCUT2D eigenvalue weighted by Gasteiger charge is 2.25. The SMILES string of the molecule is c1ccc(-n2c3ccccc3c3c4c5ccccc5c5c6ccccc6n(-c6ccccc6)c5c4c4ccccc4c32)cc1. The van der Waals surface area contributed by atoms with E-state index in [2.05, 4.69) is 167 Å². The molecule has 0 aliphatic heterocycles. The third-order valence-corrected chi connectivity index (χ3v) is 9.43. The molecule has 0 radical (unpaired) electrons. The van der Waals surface area contributed by atoms with Crippen LogP contribution in [0, 0.1) is 0 Å². The Morgan fingerprint density at radius 2 is 0.614 bits per heavy atom. The fourth-order valence-electron chi connectivity index (χ4n) is 7.79. The van der Waals surface area contributed by atoms with E-state index in [1.54, 1.807) is 0 Å². The van der Waals surface area contributed by atoms with Gasteiger partial charge in [0.05, 0.1) is 22.1 Å². The molecule has 8 aromatic carbocycles. The Labute approximate surface area is 253 Å². The molecule has 2 nitrogen and oxygen atoms in total. The normalized spacial score (nSPS) is 12.1. The summed E-state index contributed by atoms with van der Waals surface area (Å²) in [4.78, 5) is 0. The lowest BCUT2D eigenvalue weighted by Crippen LogP contribution is -1.97. The van der Waals surface area contributed by atoms with E-state index in [-0.39, 0.29) is 0 Å². The molecule has 2 heterocycles. The van der Waals surface area contributed by atoms with Gasteiger partial charge in [-0.25, -0.2) is 0 Å². The van der Waals surface area contributed by atoms with Crippen LogP contribution in [-0.4, -0.2) is 9.13 Å². The van der Waals surface area contributed by atoms with E-state index < -0.39 is 0 Å². The summed E-state index contributed by atoms with van der Waals surface area (Å²) in [7, 11) is 0. The van der Waals surface area contributed by atoms with Gasteiger partial charge in [-0.2, -0.15) is 0 Å². The number of para-hydroxylation sites is 4. The fraction of sp³-hybridized carbons (Fsp3) is 0. The van der Waals surface area contributed by atoms with Crippen molar-refractivity contribution in [2.45, 2.75) is 0 Å². The molecule has 0 bridgehead atoms. The van der Waals surface area contributed by atoms with Gasteiger partial charge in [0.1, 0.15) is 0 Å². The van der Waals surface area contributed by atoms with Crippen molar-refractivity contribution in [2.75, 3.05) is 0 Å². The zero-order valence-corrected chi connectivity index (χ0v) is 23.9. The molecule has 10 rings (SSSR count). The standard InChI is InChI=1S/C42H26N2/c1-3-15-27(16-4-1)43-36-26-14-12-24-34(36)40-38-30-20-8-7-19-29(30)37-33-23-11-13-25-35(33)44(28-17-5-2-6-18-28)42(37)39(38)31-21-9-10-22-32(31)41(40)43/h1-26H. The molecule has 0 unspecified atom stereocenters. The average Bonchev–Trinajstić information content (AvgIpc) is 3.63. The summed E-state index contributed by atoms with van der Waals surface area (Å²) in [5.41, 5.74) is 7.31. The van der Waals surface area contributed by atoms with Crippen LogP contribution in [0.15, 0.2) is 158 Å². The minimum atomic E-state index is 1.17. The molecule has 2 heteroatoms. The van der Waals surface area contributed by atoms with Crippen LogP contribution < -0.4 is 0 Å². The predicted octanol–water partition coefficient (Wildman–Crippen LogP) is 11.3. The summed E-state index contributed by atoms with van der Waals surface area (Å²) in [6.07, 6.45) is 0. The van der Waals surface area contributed by atoms with E-state index in [1.807, 2.05) is 0 Å². The maximum Gasteiger partial charge on any atom is 0.0632 e. The quantitative estimate of drug-likeness (QED) is 0.187. The minimum Gasteiger partial charge on any atom is -0.309 e. The Balaban J connectivity index is 1.62. The summed E-state index contributed by atoms with van der Waals surface area (Å²) in [6.45, 7) is 0. The highest BCUT2D eigenvalue weighted by Crippen LogP contribution is 2.50. The van der Waals surface area contributed by atoms with Gasteiger partial charge in [-0.15, -0.1) is 0 Å². The van der Waals surface area contributed by atoms with Crippen molar-refractivity contribution in [3.8, 4) is 11.4 Å². The first-order valence-corrected chi connectivity index (χ1v) is 15.2. The second-order valence-corrected chi connectivity index (χ2v) is 11.7. The van der Waals surface area contributed by atoms with E-state index in [0.29, 0.717) is 0 Å². The molecule has 0 saturated carbocycles. The van der Waals surface area contributed by atoms with Crippen molar-refractivity contribution in [1.29, 1.82) is 0 Å². The number of benzene rings is 8. The van der Waals surface area contributed by atoms with Crippen LogP contribution in [0.2, 0.25) is 0 Å². The van der Waals surface area contributed by atoms with Crippen LogP contribution in [-0.2, 0) is 0 Å². The summed E-state index contributed by atoms with van der Waals surface area (Å²) < 4.78 is 4.96. The van der Waals surface area contributed by atoms with E-state index in [4.69, 9.17) is 0 Å². The van der Waals surface area contributed by atoms with E-state index in [1.165, 1.54) is 87.3 Å². The molecule has 10 aromatic rings. The number of aromatic nitrogens is 2. The van der Waals surface area contributed by atoms with Crippen molar-refractivity contribution in [3.63, 3.8) is 0 Å². The van der Waals surface area contributed by atoms with Crippen molar-refractivity contribution in [3.05, 3.63) is 158 Å². The molecular weight excluding hydrogens is 532 g/mol. The highest BCUT2D eigenvalue weighted by atomic mass is 15.0. The van der Waals surface area contributed by atoms with Gasteiger partial charge >= 0.3 is 0 Å². The van der Waals surface area contributed by atoms with Crippen molar-refractivity contribution < 1.29 is 0 Å². The van der Waals surface area contributed by atoms with Crippen molar-refractivity contribution >= 4 is 75.9 Å². The number of rotatable bonds is 2. The Kier molecular flexibility index (Phi) is 4.75. The first kappa shape index (κ1) is 23.7. The first-order chi connectivity index (χ1) is 21.9. The van der Waals surface area contributed by atoms with Gasteiger partial charge in [-0.05, 0) is 52.6 Å². The smallest absolute Gasteiger partial charge is 0.0632 e. The molecular formula is C42H26N2. The molecule has 0 spiro atoms. The van der Waals surface area contributed by atoms with Gasteiger partial charge in [0.15, 0.2) is 0 Å². The van der Waals surface area contributed by atoms with Crippen LogP contribution in [0.25, 0.3) is 87.3 Å². The summed E-state index contributed by atoms with van der Waals surface area (Å²) >= 11 is 0. The molecule has 0 atom stereocenters. The largest absolute Gasteiger partial charge is 0.309 e. The molecule has 2 aromatic heterocycles. The first-order valence-electron chi connectivity index (χ1n) is 15.2. The van der Waals surface area contributed by atoms with Crippen LogP contribution in [0.3, 0.4) is 0 Å². The fourth-order valence-corrected chi connectivity index (χ4v) is 7.79. The zero-order chi connectivity index (χ0) is 28.8. The summed E-state index contributed by atoms with van der Waals surface area (Å²) in [5.74, 6) is 0. The third kappa shape index (κ3) is 2.99. The maximum absolute atomic E-state index is 2.49. The molecule has 0 amide bonds. The highest BCUT2D eigenvalue weighted by molar-refractivity contribution is 6.44. The Hall–Kier alpha value is -5.86. The van der Waals surface area contributed by atoms with Crippen LogP contribution in [0.4, 0.5) is 0 Å². The molecule has 204 valence electrons. The Bertz CT molecular complexity index is 2750. The second-order valence-electron chi connectivity index (χ2n) is 11.7. The van der Waals surface area contributed by atoms with Crippen LogP contribution in [0.1, 0.15) is 0 Å². The summed E-state index contributed by atoms with van der Waals surface area (Å²) in [5, 5.41) is 12.9.